The van der Waals surface area contributed by atoms with Gasteiger partial charge in [0.15, 0.2) is 5.84 Å². The molecule has 9 nitrogen and oxygen atoms in total. The number of nitro groups is 1. The summed E-state index contributed by atoms with van der Waals surface area (Å²) in [6.07, 6.45) is 0.476. The standard InChI is InChI=1S/C17H15BrN6O3/c1-27-12-4-2-10(3-5-12)6-11-7-13(18)16(15(8-11)24(25)26)23-22-14(9-19)17(20)21/h2-5,7-8,23H,6H2,1H3,(H3,20,21)/b22-14+. The van der Waals surface area contributed by atoms with Crippen LogP contribution in [0.25, 0.3) is 0 Å². The molecule has 0 unspecified atom stereocenters. The van der Waals surface area contributed by atoms with Crippen molar-refractivity contribution in [2.24, 2.45) is 10.8 Å². The Labute approximate surface area is 163 Å². The molecule has 0 radical (unpaired) electrons. The van der Waals surface area contributed by atoms with Gasteiger partial charge in [-0.2, -0.15) is 10.4 Å². The minimum Gasteiger partial charge on any atom is -0.497 e. The quantitative estimate of drug-likeness (QED) is 0.265. The summed E-state index contributed by atoms with van der Waals surface area (Å²) < 4.78 is 5.51. The SMILES string of the molecule is COc1ccc(Cc2cc(Br)c(N/N=C(\C#N)C(=N)N)c([N+](=O)[O-])c2)cc1. The number of nitro benzene ring substituents is 1. The minimum absolute atomic E-state index is 0.0625. The van der Waals surface area contributed by atoms with Crippen LogP contribution in [0.2, 0.25) is 0 Å². The third-order valence-corrected chi connectivity index (χ3v) is 4.16. The van der Waals surface area contributed by atoms with Crippen molar-refractivity contribution in [1.29, 1.82) is 10.7 Å². The minimum atomic E-state index is -0.556. The van der Waals surface area contributed by atoms with Crippen molar-refractivity contribution in [3.8, 4) is 11.8 Å². The van der Waals surface area contributed by atoms with Crippen molar-refractivity contribution in [2.75, 3.05) is 12.5 Å². The molecule has 0 bridgehead atoms. The Kier molecular flexibility index (Phi) is 6.46. The van der Waals surface area contributed by atoms with E-state index < -0.39 is 10.8 Å². The molecule has 0 saturated carbocycles. The van der Waals surface area contributed by atoms with Crippen LogP contribution in [-0.2, 0) is 6.42 Å². The first-order chi connectivity index (χ1) is 12.8. The molecule has 0 heterocycles. The second kappa shape index (κ2) is 8.77. The Bertz CT molecular complexity index is 950. The Hall–Kier alpha value is -3.45. The van der Waals surface area contributed by atoms with E-state index >= 15 is 0 Å². The van der Waals surface area contributed by atoms with E-state index in [1.165, 1.54) is 6.07 Å². The van der Waals surface area contributed by atoms with Crippen molar-refractivity contribution < 1.29 is 9.66 Å². The van der Waals surface area contributed by atoms with Gasteiger partial charge in [0.25, 0.3) is 5.69 Å². The van der Waals surface area contributed by atoms with Gasteiger partial charge in [-0.25, -0.2) is 0 Å². The van der Waals surface area contributed by atoms with Crippen LogP contribution in [0.4, 0.5) is 11.4 Å². The van der Waals surface area contributed by atoms with Crippen molar-refractivity contribution in [3.63, 3.8) is 0 Å². The third kappa shape index (κ3) is 5.02. The van der Waals surface area contributed by atoms with Crippen LogP contribution in [0, 0.1) is 26.9 Å². The van der Waals surface area contributed by atoms with Gasteiger partial charge >= 0.3 is 0 Å². The van der Waals surface area contributed by atoms with E-state index in [-0.39, 0.29) is 17.1 Å². The number of hydrazone groups is 1. The van der Waals surface area contributed by atoms with Crippen LogP contribution in [0.1, 0.15) is 11.1 Å². The highest BCUT2D eigenvalue weighted by atomic mass is 79.9. The monoisotopic (exact) mass is 430 g/mol. The van der Waals surface area contributed by atoms with Crippen molar-refractivity contribution in [1.82, 2.24) is 0 Å². The van der Waals surface area contributed by atoms with Gasteiger partial charge in [-0.15, -0.1) is 0 Å². The summed E-state index contributed by atoms with van der Waals surface area (Å²) in [6, 6.07) is 12.2. The van der Waals surface area contributed by atoms with Crippen LogP contribution in [0.5, 0.6) is 5.75 Å². The number of nitrogens with two attached hydrogens (primary N) is 1. The number of methoxy groups -OCH3 is 1. The predicted molar refractivity (Wildman–Crippen MR) is 105 cm³/mol. The molecule has 10 heteroatoms. The summed E-state index contributed by atoms with van der Waals surface area (Å²) in [5.74, 6) is 0.182. The van der Waals surface area contributed by atoms with Crippen LogP contribution in [-0.4, -0.2) is 23.6 Å². The molecular weight excluding hydrogens is 416 g/mol. The molecule has 0 aliphatic heterocycles. The highest BCUT2D eigenvalue weighted by Crippen LogP contribution is 2.35. The first-order valence-corrected chi connectivity index (χ1v) is 8.33. The highest BCUT2D eigenvalue weighted by molar-refractivity contribution is 9.10. The van der Waals surface area contributed by atoms with E-state index in [4.69, 9.17) is 21.1 Å². The zero-order chi connectivity index (χ0) is 20.0. The molecular formula is C17H15BrN6O3. The largest absolute Gasteiger partial charge is 0.497 e. The Balaban J connectivity index is 2.36. The topological polar surface area (TPSA) is 150 Å². The molecule has 0 fully saturated rings. The molecule has 0 aliphatic carbocycles. The zero-order valence-corrected chi connectivity index (χ0v) is 15.8. The molecule has 4 N–H and O–H groups in total. The molecule has 0 spiro atoms. The molecule has 0 aromatic heterocycles. The number of hydrogen-bond acceptors (Lipinski definition) is 7. The van der Waals surface area contributed by atoms with Gasteiger partial charge in [0.1, 0.15) is 17.5 Å². The fourth-order valence-electron chi connectivity index (χ4n) is 2.24. The van der Waals surface area contributed by atoms with Gasteiger partial charge in [-0.05, 0) is 51.7 Å². The normalized spacial score (nSPS) is 10.8. The maximum atomic E-state index is 11.5. The van der Waals surface area contributed by atoms with E-state index in [1.54, 1.807) is 19.2 Å². The van der Waals surface area contributed by atoms with Crippen LogP contribution in [0.3, 0.4) is 0 Å². The maximum Gasteiger partial charge on any atom is 0.295 e. The summed E-state index contributed by atoms with van der Waals surface area (Å²) in [5, 5.41) is 31.2. The number of amidine groups is 1. The average molecular weight is 431 g/mol. The maximum absolute atomic E-state index is 11.5. The molecule has 2 rings (SSSR count). The fraction of sp³-hybridized carbons (Fsp3) is 0.118. The fourth-order valence-corrected chi connectivity index (χ4v) is 2.83. The number of ether oxygens (including phenoxy) is 1. The molecule has 0 saturated heterocycles. The molecule has 2 aromatic rings. The van der Waals surface area contributed by atoms with Gasteiger partial charge < -0.3 is 10.5 Å². The lowest BCUT2D eigenvalue weighted by Gasteiger charge is -2.09. The Morgan fingerprint density at radius 1 is 1.41 bits per heavy atom. The van der Waals surface area contributed by atoms with E-state index in [0.29, 0.717) is 16.5 Å². The Morgan fingerprint density at radius 2 is 2.07 bits per heavy atom. The van der Waals surface area contributed by atoms with E-state index in [1.807, 2.05) is 24.3 Å². The van der Waals surface area contributed by atoms with Crippen molar-refractivity contribution >= 4 is 38.9 Å². The first kappa shape index (κ1) is 19.9. The number of nitrogens with zero attached hydrogens (tertiary/aromatic N) is 3. The average Bonchev–Trinajstić information content (AvgIpc) is 2.63. The van der Waals surface area contributed by atoms with E-state index in [2.05, 4.69) is 26.5 Å². The highest BCUT2D eigenvalue weighted by Gasteiger charge is 2.19. The molecule has 27 heavy (non-hydrogen) atoms. The predicted octanol–water partition coefficient (Wildman–Crippen LogP) is 3.18. The van der Waals surface area contributed by atoms with Crippen LogP contribution < -0.4 is 15.9 Å². The Morgan fingerprint density at radius 3 is 2.59 bits per heavy atom. The first-order valence-electron chi connectivity index (χ1n) is 7.53. The summed E-state index contributed by atoms with van der Waals surface area (Å²) in [7, 11) is 1.58. The lowest BCUT2D eigenvalue weighted by molar-refractivity contribution is -0.384. The summed E-state index contributed by atoms with van der Waals surface area (Å²) >= 11 is 3.29. The van der Waals surface area contributed by atoms with E-state index in [0.717, 1.165) is 11.3 Å². The number of anilines is 1. The van der Waals surface area contributed by atoms with Gasteiger partial charge in [-0.1, -0.05) is 12.1 Å². The summed E-state index contributed by atoms with van der Waals surface area (Å²) in [4.78, 5) is 10.9. The lowest BCUT2D eigenvalue weighted by atomic mass is 10.0. The van der Waals surface area contributed by atoms with Gasteiger partial charge in [-0.3, -0.25) is 20.9 Å². The van der Waals surface area contributed by atoms with Gasteiger partial charge in [0.2, 0.25) is 5.71 Å². The lowest BCUT2D eigenvalue weighted by Crippen LogP contribution is -2.22. The summed E-state index contributed by atoms with van der Waals surface area (Å²) in [5.41, 5.74) is 8.78. The van der Waals surface area contributed by atoms with Crippen molar-refractivity contribution in [3.05, 3.63) is 62.1 Å². The molecule has 138 valence electrons. The molecule has 2 aromatic carbocycles. The van der Waals surface area contributed by atoms with E-state index in [9.17, 15) is 10.1 Å². The molecule has 0 atom stereocenters. The smallest absolute Gasteiger partial charge is 0.295 e. The van der Waals surface area contributed by atoms with Gasteiger partial charge in [0.05, 0.1) is 12.0 Å². The van der Waals surface area contributed by atoms with Crippen LogP contribution in [0.15, 0.2) is 46.0 Å². The number of benzene rings is 2. The number of nitriles is 1. The van der Waals surface area contributed by atoms with Crippen molar-refractivity contribution in [2.45, 2.75) is 6.42 Å². The second-order valence-electron chi connectivity index (χ2n) is 5.35. The number of nitrogens with one attached hydrogen (secondary N) is 2. The third-order valence-electron chi connectivity index (χ3n) is 3.53. The second-order valence-corrected chi connectivity index (χ2v) is 6.21. The molecule has 0 amide bonds. The summed E-state index contributed by atoms with van der Waals surface area (Å²) in [6.45, 7) is 0. The zero-order valence-electron chi connectivity index (χ0n) is 14.2. The number of rotatable bonds is 7. The van der Waals surface area contributed by atoms with Crippen LogP contribution >= 0.6 is 15.9 Å². The van der Waals surface area contributed by atoms with Gasteiger partial charge in [0, 0.05) is 10.5 Å². The number of halogens is 1. The number of hydrogen-bond donors (Lipinski definition) is 3. The molecule has 0 aliphatic rings.